The fourth-order valence-corrected chi connectivity index (χ4v) is 3.82. The molecule has 0 unspecified atom stereocenters. The minimum atomic E-state index is 0.289. The molecule has 5 rings (SSSR count). The van der Waals surface area contributed by atoms with E-state index in [1.165, 1.54) is 32.1 Å². The molecule has 1 aliphatic heterocycles. The zero-order valence-electron chi connectivity index (χ0n) is 14.1. The first kappa shape index (κ1) is 14.6. The van der Waals surface area contributed by atoms with E-state index in [9.17, 15) is 0 Å². The first-order chi connectivity index (χ1) is 12.4. The quantitative estimate of drug-likeness (QED) is 0.767. The standard InChI is InChI=1S/C20H21N3O2/c1-2-6-15(7-3-1)21-20-19(22-18-8-4-5-11-23(18)20)14-9-10-16-17(12-14)25-13-24-16/h4-5,8-12,15,21H,1-3,6-7,13H2. The highest BCUT2D eigenvalue weighted by Crippen LogP contribution is 2.38. The minimum absolute atomic E-state index is 0.289. The summed E-state index contributed by atoms with van der Waals surface area (Å²) in [6, 6.07) is 12.7. The van der Waals surface area contributed by atoms with Crippen LogP contribution in [0.5, 0.6) is 11.5 Å². The van der Waals surface area contributed by atoms with Crippen molar-refractivity contribution in [2.45, 2.75) is 38.1 Å². The summed E-state index contributed by atoms with van der Waals surface area (Å²) >= 11 is 0. The molecule has 2 aromatic heterocycles. The van der Waals surface area contributed by atoms with Gasteiger partial charge in [0.05, 0.1) is 0 Å². The molecule has 0 radical (unpaired) electrons. The largest absolute Gasteiger partial charge is 0.454 e. The van der Waals surface area contributed by atoms with Crippen LogP contribution >= 0.6 is 0 Å². The summed E-state index contributed by atoms with van der Waals surface area (Å²) in [5, 5.41) is 3.77. The third kappa shape index (κ3) is 2.60. The average molecular weight is 335 g/mol. The van der Waals surface area contributed by atoms with Gasteiger partial charge in [-0.15, -0.1) is 0 Å². The molecule has 128 valence electrons. The summed E-state index contributed by atoms with van der Waals surface area (Å²) in [6.07, 6.45) is 8.47. The normalized spacial score (nSPS) is 17.1. The lowest BCUT2D eigenvalue weighted by atomic mass is 9.95. The number of rotatable bonds is 3. The minimum Gasteiger partial charge on any atom is -0.454 e. The lowest BCUT2D eigenvalue weighted by molar-refractivity contribution is 0.174. The Kier molecular flexibility index (Phi) is 3.51. The highest BCUT2D eigenvalue weighted by Gasteiger charge is 2.21. The van der Waals surface area contributed by atoms with Crippen LogP contribution in [0.4, 0.5) is 5.82 Å². The molecule has 1 fully saturated rings. The van der Waals surface area contributed by atoms with Crippen LogP contribution in [0.15, 0.2) is 42.6 Å². The Bertz CT molecular complexity index is 912. The Hall–Kier alpha value is -2.69. The SMILES string of the molecule is c1ccn2c(NC3CCCCC3)c(-c3ccc4c(c3)OCO4)nc2c1. The number of pyridine rings is 1. The first-order valence-electron chi connectivity index (χ1n) is 9.02. The number of hydrogen-bond donors (Lipinski definition) is 1. The molecule has 1 saturated carbocycles. The summed E-state index contributed by atoms with van der Waals surface area (Å²) in [5.74, 6) is 2.66. The van der Waals surface area contributed by atoms with Crippen LogP contribution in [-0.2, 0) is 0 Å². The molecule has 0 atom stereocenters. The zero-order chi connectivity index (χ0) is 16.6. The van der Waals surface area contributed by atoms with Crippen LogP contribution in [0.25, 0.3) is 16.9 Å². The highest BCUT2D eigenvalue weighted by atomic mass is 16.7. The maximum Gasteiger partial charge on any atom is 0.231 e. The van der Waals surface area contributed by atoms with Crippen molar-refractivity contribution in [3.63, 3.8) is 0 Å². The van der Waals surface area contributed by atoms with Gasteiger partial charge in [-0.05, 0) is 43.2 Å². The van der Waals surface area contributed by atoms with Gasteiger partial charge in [0, 0.05) is 17.8 Å². The summed E-state index contributed by atoms with van der Waals surface area (Å²) in [7, 11) is 0. The van der Waals surface area contributed by atoms with E-state index in [2.05, 4.69) is 22.0 Å². The highest BCUT2D eigenvalue weighted by molar-refractivity contribution is 5.78. The predicted molar refractivity (Wildman–Crippen MR) is 97.2 cm³/mol. The van der Waals surface area contributed by atoms with Gasteiger partial charge in [-0.1, -0.05) is 25.3 Å². The number of imidazole rings is 1. The smallest absolute Gasteiger partial charge is 0.231 e. The molecule has 1 aromatic carbocycles. The Morgan fingerprint density at radius 2 is 1.88 bits per heavy atom. The van der Waals surface area contributed by atoms with Crippen molar-refractivity contribution in [3.8, 4) is 22.8 Å². The number of aromatic nitrogens is 2. The Morgan fingerprint density at radius 1 is 1.00 bits per heavy atom. The summed E-state index contributed by atoms with van der Waals surface area (Å²) in [4.78, 5) is 4.88. The first-order valence-corrected chi connectivity index (χ1v) is 9.02. The van der Waals surface area contributed by atoms with Gasteiger partial charge in [-0.25, -0.2) is 4.98 Å². The van der Waals surface area contributed by atoms with Crippen molar-refractivity contribution in [3.05, 3.63) is 42.6 Å². The van der Waals surface area contributed by atoms with E-state index in [-0.39, 0.29) is 6.79 Å². The Labute approximate surface area is 146 Å². The number of fused-ring (bicyclic) bond motifs is 2. The van der Waals surface area contributed by atoms with Crippen LogP contribution in [0.1, 0.15) is 32.1 Å². The molecule has 5 heteroatoms. The van der Waals surface area contributed by atoms with Gasteiger partial charge in [0.1, 0.15) is 17.2 Å². The van der Waals surface area contributed by atoms with Gasteiger partial charge in [0.2, 0.25) is 6.79 Å². The van der Waals surface area contributed by atoms with Gasteiger partial charge in [0.25, 0.3) is 0 Å². The summed E-state index contributed by atoms with van der Waals surface area (Å²) in [6.45, 7) is 0.289. The topological polar surface area (TPSA) is 47.8 Å². The van der Waals surface area contributed by atoms with E-state index in [4.69, 9.17) is 14.5 Å². The fourth-order valence-electron chi connectivity index (χ4n) is 3.82. The molecular formula is C20H21N3O2. The third-order valence-electron chi connectivity index (χ3n) is 5.12. The van der Waals surface area contributed by atoms with Crippen molar-refractivity contribution in [1.29, 1.82) is 0 Å². The van der Waals surface area contributed by atoms with Crippen LogP contribution in [-0.4, -0.2) is 22.2 Å². The number of nitrogens with zero attached hydrogens (tertiary/aromatic N) is 2. The summed E-state index contributed by atoms with van der Waals surface area (Å²) in [5.41, 5.74) is 2.97. The molecule has 3 heterocycles. The van der Waals surface area contributed by atoms with Crippen LogP contribution in [0.2, 0.25) is 0 Å². The van der Waals surface area contributed by atoms with Gasteiger partial charge < -0.3 is 14.8 Å². The number of nitrogens with one attached hydrogen (secondary N) is 1. The number of anilines is 1. The van der Waals surface area contributed by atoms with Gasteiger partial charge in [-0.2, -0.15) is 0 Å². The molecule has 1 aliphatic carbocycles. The van der Waals surface area contributed by atoms with Crippen molar-refractivity contribution in [2.75, 3.05) is 12.1 Å². The molecular weight excluding hydrogens is 314 g/mol. The Morgan fingerprint density at radius 3 is 2.80 bits per heavy atom. The molecule has 0 amide bonds. The monoisotopic (exact) mass is 335 g/mol. The maximum absolute atomic E-state index is 5.55. The van der Waals surface area contributed by atoms with E-state index in [1.54, 1.807) is 0 Å². The van der Waals surface area contributed by atoms with Gasteiger partial charge in [0.15, 0.2) is 11.5 Å². The second-order valence-corrected chi connectivity index (χ2v) is 6.79. The lowest BCUT2D eigenvalue weighted by Crippen LogP contribution is -2.23. The number of ether oxygens (including phenoxy) is 2. The fraction of sp³-hybridized carbons (Fsp3) is 0.350. The number of benzene rings is 1. The molecule has 2 aliphatic rings. The maximum atomic E-state index is 5.55. The van der Waals surface area contributed by atoms with E-state index >= 15 is 0 Å². The van der Waals surface area contributed by atoms with Crippen LogP contribution in [0.3, 0.4) is 0 Å². The molecule has 0 saturated heterocycles. The van der Waals surface area contributed by atoms with E-state index < -0.39 is 0 Å². The van der Waals surface area contributed by atoms with E-state index in [1.807, 2.05) is 30.3 Å². The zero-order valence-corrected chi connectivity index (χ0v) is 14.1. The van der Waals surface area contributed by atoms with E-state index in [0.29, 0.717) is 6.04 Å². The summed E-state index contributed by atoms with van der Waals surface area (Å²) < 4.78 is 13.1. The predicted octanol–water partition coefficient (Wildman–Crippen LogP) is 4.47. The molecule has 1 N–H and O–H groups in total. The molecule has 0 spiro atoms. The van der Waals surface area contributed by atoms with Crippen LogP contribution in [0, 0.1) is 0 Å². The van der Waals surface area contributed by atoms with Crippen molar-refractivity contribution >= 4 is 11.5 Å². The van der Waals surface area contributed by atoms with Crippen molar-refractivity contribution < 1.29 is 9.47 Å². The third-order valence-corrected chi connectivity index (χ3v) is 5.12. The second kappa shape index (κ2) is 5.99. The number of hydrogen-bond acceptors (Lipinski definition) is 4. The van der Waals surface area contributed by atoms with E-state index in [0.717, 1.165) is 34.2 Å². The van der Waals surface area contributed by atoms with Gasteiger partial charge in [-0.3, -0.25) is 4.40 Å². The molecule has 0 bridgehead atoms. The molecule has 3 aromatic rings. The van der Waals surface area contributed by atoms with Crippen molar-refractivity contribution in [2.24, 2.45) is 0 Å². The van der Waals surface area contributed by atoms with Crippen LogP contribution < -0.4 is 14.8 Å². The molecule has 25 heavy (non-hydrogen) atoms. The lowest BCUT2D eigenvalue weighted by Gasteiger charge is -2.24. The average Bonchev–Trinajstić information content (AvgIpc) is 3.27. The van der Waals surface area contributed by atoms with Gasteiger partial charge >= 0.3 is 0 Å². The Balaban J connectivity index is 1.60. The molecule has 5 nitrogen and oxygen atoms in total. The second-order valence-electron chi connectivity index (χ2n) is 6.79. The van der Waals surface area contributed by atoms with Crippen molar-refractivity contribution in [1.82, 2.24) is 9.38 Å².